The quantitative estimate of drug-likeness (QED) is 0.538. The van der Waals surface area contributed by atoms with Crippen LogP contribution in [0.5, 0.6) is 0 Å². The van der Waals surface area contributed by atoms with Gasteiger partial charge in [-0.3, -0.25) is 4.79 Å². The second kappa shape index (κ2) is 4.13. The lowest BCUT2D eigenvalue weighted by Gasteiger charge is -1.91. The molecule has 0 aliphatic heterocycles. The van der Waals surface area contributed by atoms with Gasteiger partial charge in [0.05, 0.1) is 6.07 Å². The molecule has 8 heavy (non-hydrogen) atoms. The zero-order chi connectivity index (χ0) is 6.41. The highest BCUT2D eigenvalue weighted by atomic mass is 16.1. The molecule has 0 aromatic carbocycles. The fourth-order valence-electron chi connectivity index (χ4n) is 0.284. The molecule has 0 bridgehead atoms. The van der Waals surface area contributed by atoms with Gasteiger partial charge in [0.1, 0.15) is 6.42 Å². The second-order valence-electron chi connectivity index (χ2n) is 1.17. The van der Waals surface area contributed by atoms with Gasteiger partial charge < -0.3 is 5.32 Å². The predicted octanol–water partition coefficient (Wildman–Crippen LogP) is -0.150. The maximum Gasteiger partial charge on any atom is 0.239 e. The van der Waals surface area contributed by atoms with Gasteiger partial charge in [0, 0.05) is 6.54 Å². The molecule has 1 N–H and O–H groups in total. The Morgan fingerprint density at radius 3 is 3.00 bits per heavy atom. The third-order valence-electron chi connectivity index (χ3n) is 0.547. The fourth-order valence-corrected chi connectivity index (χ4v) is 0.284. The van der Waals surface area contributed by atoms with Gasteiger partial charge in [-0.1, -0.05) is 0 Å². The highest BCUT2D eigenvalue weighted by molar-refractivity contribution is 5.87. The molecule has 0 aromatic rings. The van der Waals surface area contributed by atoms with E-state index < -0.39 is 0 Å². The Morgan fingerprint density at radius 2 is 2.62 bits per heavy atom. The lowest BCUT2D eigenvalue weighted by molar-refractivity contribution is -0.117. The number of carbonyl (C=O) groups is 1. The topological polar surface area (TPSA) is 52.9 Å². The van der Waals surface area contributed by atoms with E-state index in [1.807, 2.05) is 0 Å². The van der Waals surface area contributed by atoms with Crippen LogP contribution in [0.25, 0.3) is 0 Å². The van der Waals surface area contributed by atoms with Crippen LogP contribution in [-0.2, 0) is 4.79 Å². The lowest BCUT2D eigenvalue weighted by Crippen LogP contribution is -2.21. The Hall–Kier alpha value is -1.04. The van der Waals surface area contributed by atoms with Crippen LogP contribution in [0.4, 0.5) is 0 Å². The number of carbonyl (C=O) groups excluding carboxylic acids is 1. The summed E-state index contributed by atoms with van der Waals surface area (Å²) in [6.07, 6.45) is 0.934. The Morgan fingerprint density at radius 1 is 2.00 bits per heavy atom. The number of nitrogens with zero attached hydrogens (tertiary/aromatic N) is 1. The first-order valence-corrected chi connectivity index (χ1v) is 2.32. The molecule has 1 amide bonds. The van der Waals surface area contributed by atoms with Crippen LogP contribution < -0.4 is 5.32 Å². The standard InChI is InChI=1S/C5H7N2O/c1-2-7-5(8)3-4-6/h3H,2H2,1H3,(H,7,8). The van der Waals surface area contributed by atoms with Crippen LogP contribution in [0.2, 0.25) is 0 Å². The van der Waals surface area contributed by atoms with Gasteiger partial charge in [-0.05, 0) is 6.92 Å². The molecule has 1 radical (unpaired) electrons. The molecule has 0 atom stereocenters. The number of amides is 1. The Kier molecular flexibility index (Phi) is 3.59. The average molecular weight is 111 g/mol. The summed E-state index contributed by atoms with van der Waals surface area (Å²) in [5, 5.41) is 10.3. The van der Waals surface area contributed by atoms with E-state index in [1.165, 1.54) is 0 Å². The molecule has 0 unspecified atom stereocenters. The summed E-state index contributed by atoms with van der Waals surface area (Å²) in [5.41, 5.74) is 0. The molecule has 3 heteroatoms. The minimum absolute atomic E-state index is 0.324. The maximum atomic E-state index is 10.3. The molecular weight excluding hydrogens is 104 g/mol. The van der Waals surface area contributed by atoms with Gasteiger partial charge in [0.25, 0.3) is 0 Å². The SMILES string of the molecule is CCNC(=O)[CH]C#N. The van der Waals surface area contributed by atoms with E-state index in [0.717, 1.165) is 6.42 Å². The van der Waals surface area contributed by atoms with Gasteiger partial charge in [-0.15, -0.1) is 0 Å². The van der Waals surface area contributed by atoms with Crippen LogP contribution in [0.3, 0.4) is 0 Å². The number of hydrogen-bond donors (Lipinski definition) is 1. The zero-order valence-corrected chi connectivity index (χ0v) is 4.64. The van der Waals surface area contributed by atoms with Crippen molar-refractivity contribution in [2.24, 2.45) is 0 Å². The van der Waals surface area contributed by atoms with E-state index in [9.17, 15) is 4.79 Å². The summed E-state index contributed by atoms with van der Waals surface area (Å²) in [6.45, 7) is 2.36. The van der Waals surface area contributed by atoms with Crippen LogP contribution in [0.15, 0.2) is 0 Å². The largest absolute Gasteiger partial charge is 0.355 e. The number of nitriles is 1. The van der Waals surface area contributed by atoms with Gasteiger partial charge in [-0.2, -0.15) is 5.26 Å². The van der Waals surface area contributed by atoms with E-state index >= 15 is 0 Å². The predicted molar refractivity (Wildman–Crippen MR) is 28.6 cm³/mol. The first-order chi connectivity index (χ1) is 3.81. The van der Waals surface area contributed by atoms with Crippen LogP contribution in [0, 0.1) is 17.8 Å². The van der Waals surface area contributed by atoms with Gasteiger partial charge >= 0.3 is 0 Å². The molecule has 3 nitrogen and oxygen atoms in total. The number of nitrogens with one attached hydrogen (secondary N) is 1. The van der Waals surface area contributed by atoms with Gasteiger partial charge in [-0.25, -0.2) is 0 Å². The molecule has 0 heterocycles. The van der Waals surface area contributed by atoms with Crippen molar-refractivity contribution in [3.05, 3.63) is 6.42 Å². The van der Waals surface area contributed by atoms with Crippen molar-refractivity contribution in [1.29, 1.82) is 5.26 Å². The molecule has 0 aromatic heterocycles. The third kappa shape index (κ3) is 3.16. The fraction of sp³-hybridized carbons (Fsp3) is 0.400. The normalized spacial score (nSPS) is 7.50. The Bertz CT molecular complexity index is 114. The third-order valence-corrected chi connectivity index (χ3v) is 0.547. The van der Waals surface area contributed by atoms with Crippen LogP contribution >= 0.6 is 0 Å². The molecule has 0 fully saturated rings. The smallest absolute Gasteiger partial charge is 0.239 e. The Balaban J connectivity index is 3.23. The lowest BCUT2D eigenvalue weighted by atomic mass is 10.4. The van der Waals surface area contributed by atoms with Crippen molar-refractivity contribution in [2.75, 3.05) is 6.54 Å². The molecular formula is C5H7N2O. The van der Waals surface area contributed by atoms with Gasteiger partial charge in [0.2, 0.25) is 5.91 Å². The minimum Gasteiger partial charge on any atom is -0.355 e. The minimum atomic E-state index is -0.324. The van der Waals surface area contributed by atoms with Crippen molar-refractivity contribution in [3.8, 4) is 6.07 Å². The molecule has 0 aliphatic rings. The van der Waals surface area contributed by atoms with E-state index in [2.05, 4.69) is 5.32 Å². The number of hydrogen-bond acceptors (Lipinski definition) is 2. The summed E-state index contributed by atoms with van der Waals surface area (Å²) in [7, 11) is 0. The van der Waals surface area contributed by atoms with E-state index in [4.69, 9.17) is 5.26 Å². The Labute approximate surface area is 48.3 Å². The zero-order valence-electron chi connectivity index (χ0n) is 4.64. The van der Waals surface area contributed by atoms with E-state index in [0.29, 0.717) is 6.54 Å². The van der Waals surface area contributed by atoms with Crippen molar-refractivity contribution >= 4 is 5.91 Å². The van der Waals surface area contributed by atoms with Crippen molar-refractivity contribution in [1.82, 2.24) is 5.32 Å². The first-order valence-electron chi connectivity index (χ1n) is 2.32. The summed E-state index contributed by atoms with van der Waals surface area (Å²) < 4.78 is 0. The van der Waals surface area contributed by atoms with Crippen LogP contribution in [0.1, 0.15) is 6.92 Å². The summed E-state index contributed by atoms with van der Waals surface area (Å²) >= 11 is 0. The average Bonchev–Trinajstić information content (AvgIpc) is 1.68. The molecule has 0 saturated carbocycles. The number of rotatable bonds is 2. The summed E-state index contributed by atoms with van der Waals surface area (Å²) in [6, 6.07) is 1.62. The highest BCUT2D eigenvalue weighted by Crippen LogP contribution is 1.69. The van der Waals surface area contributed by atoms with Gasteiger partial charge in [0.15, 0.2) is 0 Å². The van der Waals surface area contributed by atoms with Crippen molar-refractivity contribution in [2.45, 2.75) is 6.92 Å². The van der Waals surface area contributed by atoms with Crippen molar-refractivity contribution < 1.29 is 4.79 Å². The molecule has 0 rings (SSSR count). The van der Waals surface area contributed by atoms with E-state index in [-0.39, 0.29) is 5.91 Å². The maximum absolute atomic E-state index is 10.3. The second-order valence-corrected chi connectivity index (χ2v) is 1.17. The molecule has 0 spiro atoms. The monoisotopic (exact) mass is 111 g/mol. The van der Waals surface area contributed by atoms with Crippen LogP contribution in [-0.4, -0.2) is 12.5 Å². The summed E-state index contributed by atoms with van der Waals surface area (Å²) in [4.78, 5) is 10.3. The highest BCUT2D eigenvalue weighted by Gasteiger charge is 1.94. The molecule has 0 saturated heterocycles. The molecule has 0 aliphatic carbocycles. The molecule has 43 valence electrons. The van der Waals surface area contributed by atoms with E-state index in [1.54, 1.807) is 13.0 Å². The first kappa shape index (κ1) is 6.96. The summed E-state index contributed by atoms with van der Waals surface area (Å²) in [5.74, 6) is -0.324. The van der Waals surface area contributed by atoms with Crippen molar-refractivity contribution in [3.63, 3.8) is 0 Å².